The van der Waals surface area contributed by atoms with Crippen molar-refractivity contribution in [1.82, 2.24) is 0 Å². The predicted octanol–water partition coefficient (Wildman–Crippen LogP) is 1.15. The third-order valence-electron chi connectivity index (χ3n) is 2.04. The molecule has 0 aliphatic rings. The Kier molecular flexibility index (Phi) is 3.42. The monoisotopic (exact) mass is 205 g/mol. The van der Waals surface area contributed by atoms with Crippen LogP contribution in [0, 0.1) is 18.3 Å². The van der Waals surface area contributed by atoms with Crippen LogP contribution in [0.15, 0.2) is 12.1 Å². The number of methoxy groups -OCH3 is 1. The maximum absolute atomic E-state index is 11.4. The molecule has 0 spiro atoms. The van der Waals surface area contributed by atoms with Gasteiger partial charge in [-0.2, -0.15) is 5.26 Å². The second-order valence-electron chi connectivity index (χ2n) is 3.11. The van der Waals surface area contributed by atoms with Crippen molar-refractivity contribution in [1.29, 1.82) is 5.26 Å². The van der Waals surface area contributed by atoms with E-state index in [-0.39, 0.29) is 17.7 Å². The van der Waals surface area contributed by atoms with Gasteiger partial charge in [-0.1, -0.05) is 6.07 Å². The number of benzene rings is 1. The Morgan fingerprint density at radius 3 is 2.73 bits per heavy atom. The molecular formula is C11H11NO3. The molecule has 15 heavy (non-hydrogen) atoms. The summed E-state index contributed by atoms with van der Waals surface area (Å²) < 4.78 is 4.56. The van der Waals surface area contributed by atoms with Crippen LogP contribution in [0.3, 0.4) is 0 Å². The minimum atomic E-state index is -0.601. The highest BCUT2D eigenvalue weighted by atomic mass is 16.5. The van der Waals surface area contributed by atoms with Crippen LogP contribution in [0.25, 0.3) is 0 Å². The molecule has 4 heteroatoms. The van der Waals surface area contributed by atoms with Gasteiger partial charge in [0.05, 0.1) is 24.8 Å². The number of esters is 1. The predicted molar refractivity (Wildman–Crippen MR) is 53.2 cm³/mol. The summed E-state index contributed by atoms with van der Waals surface area (Å²) in [7, 11) is 1.24. The molecule has 0 fully saturated rings. The first-order valence-electron chi connectivity index (χ1n) is 4.36. The van der Waals surface area contributed by atoms with Crippen LogP contribution in [0.2, 0.25) is 0 Å². The fraction of sp³-hybridized carbons (Fsp3) is 0.273. The molecule has 0 unspecified atom stereocenters. The van der Waals surface area contributed by atoms with Crippen LogP contribution in [0.4, 0.5) is 0 Å². The van der Waals surface area contributed by atoms with Crippen LogP contribution in [0.1, 0.15) is 27.0 Å². The highest BCUT2D eigenvalue weighted by molar-refractivity contribution is 5.94. The second-order valence-corrected chi connectivity index (χ2v) is 3.11. The van der Waals surface area contributed by atoms with Gasteiger partial charge in [0.25, 0.3) is 0 Å². The van der Waals surface area contributed by atoms with Crippen molar-refractivity contribution in [3.8, 4) is 6.07 Å². The normalized spacial score (nSPS) is 9.47. The highest BCUT2D eigenvalue weighted by Crippen LogP contribution is 2.18. The summed E-state index contributed by atoms with van der Waals surface area (Å²) in [5.74, 6) is -0.601. The van der Waals surface area contributed by atoms with E-state index in [9.17, 15) is 4.79 Å². The summed E-state index contributed by atoms with van der Waals surface area (Å²) in [4.78, 5) is 11.4. The maximum Gasteiger partial charge on any atom is 0.339 e. The SMILES string of the molecule is COC(=O)c1c(C#N)cc(C)cc1CO. The Hall–Kier alpha value is -1.86. The number of carbonyl (C=O) groups excluding carboxylic acids is 1. The summed E-state index contributed by atoms with van der Waals surface area (Å²) >= 11 is 0. The number of aliphatic hydroxyl groups excluding tert-OH is 1. The number of nitrogens with zero attached hydrogens (tertiary/aromatic N) is 1. The number of aliphatic hydroxyl groups is 1. The van der Waals surface area contributed by atoms with Gasteiger partial charge < -0.3 is 9.84 Å². The average Bonchev–Trinajstić information content (AvgIpc) is 2.26. The topological polar surface area (TPSA) is 70.3 Å². The van der Waals surface area contributed by atoms with E-state index < -0.39 is 5.97 Å². The second kappa shape index (κ2) is 4.58. The summed E-state index contributed by atoms with van der Waals surface area (Å²) in [5, 5.41) is 18.0. The van der Waals surface area contributed by atoms with E-state index in [1.165, 1.54) is 7.11 Å². The third-order valence-corrected chi connectivity index (χ3v) is 2.04. The number of hydrogen-bond donors (Lipinski definition) is 1. The van der Waals surface area contributed by atoms with E-state index in [0.29, 0.717) is 5.56 Å². The van der Waals surface area contributed by atoms with Crippen LogP contribution in [-0.2, 0) is 11.3 Å². The largest absolute Gasteiger partial charge is 0.465 e. The molecule has 0 atom stereocenters. The Balaban J connectivity index is 3.45. The van der Waals surface area contributed by atoms with Crippen LogP contribution in [-0.4, -0.2) is 18.2 Å². The summed E-state index contributed by atoms with van der Waals surface area (Å²) in [5.41, 5.74) is 1.61. The van der Waals surface area contributed by atoms with E-state index in [1.807, 2.05) is 6.07 Å². The molecule has 1 N–H and O–H groups in total. The van der Waals surface area contributed by atoms with Crippen molar-refractivity contribution >= 4 is 5.97 Å². The maximum atomic E-state index is 11.4. The van der Waals surface area contributed by atoms with Crippen molar-refractivity contribution in [2.75, 3.05) is 7.11 Å². The minimum Gasteiger partial charge on any atom is -0.465 e. The van der Waals surface area contributed by atoms with Gasteiger partial charge >= 0.3 is 5.97 Å². The van der Waals surface area contributed by atoms with E-state index in [4.69, 9.17) is 10.4 Å². The molecule has 0 heterocycles. The van der Waals surface area contributed by atoms with Gasteiger partial charge in [0.2, 0.25) is 0 Å². The van der Waals surface area contributed by atoms with Crippen molar-refractivity contribution in [2.45, 2.75) is 13.5 Å². The van der Waals surface area contributed by atoms with Crippen molar-refractivity contribution < 1.29 is 14.6 Å². The molecule has 0 saturated heterocycles. The number of nitriles is 1. The molecular weight excluding hydrogens is 194 g/mol. The molecule has 78 valence electrons. The average molecular weight is 205 g/mol. The number of rotatable bonds is 2. The molecule has 0 saturated carbocycles. The van der Waals surface area contributed by atoms with Crippen molar-refractivity contribution in [2.24, 2.45) is 0 Å². The quantitative estimate of drug-likeness (QED) is 0.735. The first-order valence-corrected chi connectivity index (χ1v) is 4.36. The van der Waals surface area contributed by atoms with Gasteiger partial charge in [-0.05, 0) is 24.1 Å². The van der Waals surface area contributed by atoms with E-state index in [2.05, 4.69) is 4.74 Å². The van der Waals surface area contributed by atoms with Crippen LogP contribution < -0.4 is 0 Å². The van der Waals surface area contributed by atoms with Crippen molar-refractivity contribution in [3.05, 3.63) is 34.4 Å². The lowest BCUT2D eigenvalue weighted by atomic mass is 9.99. The summed E-state index contributed by atoms with van der Waals surface area (Å²) in [6.07, 6.45) is 0. The number of ether oxygens (including phenoxy) is 1. The van der Waals surface area contributed by atoms with Gasteiger partial charge in [-0.15, -0.1) is 0 Å². The molecule has 1 aromatic carbocycles. The van der Waals surface area contributed by atoms with E-state index in [0.717, 1.165) is 5.56 Å². The van der Waals surface area contributed by atoms with Crippen LogP contribution >= 0.6 is 0 Å². The third kappa shape index (κ3) is 2.14. The van der Waals surface area contributed by atoms with Gasteiger partial charge in [-0.3, -0.25) is 0 Å². The number of aryl methyl sites for hydroxylation is 1. The molecule has 0 bridgehead atoms. The van der Waals surface area contributed by atoms with Gasteiger partial charge in [0.15, 0.2) is 0 Å². The Bertz CT molecular complexity index is 432. The zero-order valence-electron chi connectivity index (χ0n) is 8.57. The van der Waals surface area contributed by atoms with Crippen LogP contribution in [0.5, 0.6) is 0 Å². The molecule has 4 nitrogen and oxygen atoms in total. The molecule has 1 aromatic rings. The molecule has 0 radical (unpaired) electrons. The van der Waals surface area contributed by atoms with Gasteiger partial charge in [0, 0.05) is 0 Å². The molecule has 1 rings (SSSR count). The molecule has 0 aliphatic carbocycles. The fourth-order valence-corrected chi connectivity index (χ4v) is 1.42. The molecule has 0 aromatic heterocycles. The minimum absolute atomic E-state index is 0.146. The van der Waals surface area contributed by atoms with Gasteiger partial charge in [0.1, 0.15) is 6.07 Å². The lowest BCUT2D eigenvalue weighted by Gasteiger charge is -2.08. The zero-order valence-corrected chi connectivity index (χ0v) is 8.57. The number of hydrogen-bond acceptors (Lipinski definition) is 4. The Morgan fingerprint density at radius 2 is 2.27 bits per heavy atom. The lowest BCUT2D eigenvalue weighted by Crippen LogP contribution is -2.09. The fourth-order valence-electron chi connectivity index (χ4n) is 1.42. The van der Waals surface area contributed by atoms with Gasteiger partial charge in [-0.25, -0.2) is 4.79 Å². The molecule has 0 amide bonds. The summed E-state index contributed by atoms with van der Waals surface area (Å²) in [6, 6.07) is 5.16. The Labute approximate surface area is 87.7 Å². The molecule has 0 aliphatic heterocycles. The standard InChI is InChI=1S/C11H11NO3/c1-7-3-8(5-12)10(11(14)15-2)9(4-7)6-13/h3-4,13H,6H2,1-2H3. The van der Waals surface area contributed by atoms with Crippen molar-refractivity contribution in [3.63, 3.8) is 0 Å². The van der Waals surface area contributed by atoms with E-state index in [1.54, 1.807) is 19.1 Å². The zero-order chi connectivity index (χ0) is 11.4. The Morgan fingerprint density at radius 1 is 1.60 bits per heavy atom. The highest BCUT2D eigenvalue weighted by Gasteiger charge is 2.17. The first-order chi connectivity index (χ1) is 7.13. The lowest BCUT2D eigenvalue weighted by molar-refractivity contribution is 0.0597. The number of carbonyl (C=O) groups is 1. The smallest absolute Gasteiger partial charge is 0.339 e. The summed E-state index contributed by atoms with van der Waals surface area (Å²) in [6.45, 7) is 1.50. The van der Waals surface area contributed by atoms with E-state index >= 15 is 0 Å². The first kappa shape index (κ1) is 11.2.